The van der Waals surface area contributed by atoms with E-state index in [2.05, 4.69) is 15.4 Å². The number of benzene rings is 1. The van der Waals surface area contributed by atoms with Gasteiger partial charge in [0, 0.05) is 18.3 Å². The summed E-state index contributed by atoms with van der Waals surface area (Å²) in [5, 5.41) is 8.12. The Balaban J connectivity index is 1.67. The summed E-state index contributed by atoms with van der Waals surface area (Å²) in [5.41, 5.74) is 3.08. The molecule has 100 valence electrons. The van der Waals surface area contributed by atoms with Gasteiger partial charge in [0.15, 0.2) is 0 Å². The molecule has 0 fully saturated rings. The number of halogens is 1. The van der Waals surface area contributed by atoms with E-state index < -0.39 is 0 Å². The number of rotatable bonds is 4. The Labute approximate surface area is 122 Å². The van der Waals surface area contributed by atoms with Gasteiger partial charge in [0.25, 0.3) is 0 Å². The second kappa shape index (κ2) is 5.75. The van der Waals surface area contributed by atoms with Crippen molar-refractivity contribution in [1.29, 1.82) is 0 Å². The molecule has 0 atom stereocenters. The van der Waals surface area contributed by atoms with E-state index in [1.807, 2.05) is 53.5 Å². The summed E-state index contributed by atoms with van der Waals surface area (Å²) in [6, 6.07) is 13.7. The SMILES string of the molecule is Clc1ccc(NCc2cnn(-c3ccccc3)c2)cn1. The van der Waals surface area contributed by atoms with Gasteiger partial charge in [0.1, 0.15) is 5.15 Å². The lowest BCUT2D eigenvalue weighted by molar-refractivity contribution is 0.880. The molecule has 0 amide bonds. The third kappa shape index (κ3) is 2.97. The number of anilines is 1. The van der Waals surface area contributed by atoms with Gasteiger partial charge in [-0.3, -0.25) is 0 Å². The van der Waals surface area contributed by atoms with Crippen LogP contribution in [-0.4, -0.2) is 14.8 Å². The van der Waals surface area contributed by atoms with Crippen molar-refractivity contribution in [3.63, 3.8) is 0 Å². The lowest BCUT2D eigenvalue weighted by atomic mass is 10.3. The van der Waals surface area contributed by atoms with Gasteiger partial charge in [-0.2, -0.15) is 5.10 Å². The highest BCUT2D eigenvalue weighted by Crippen LogP contribution is 2.12. The van der Waals surface area contributed by atoms with Crippen LogP contribution in [0.2, 0.25) is 5.15 Å². The van der Waals surface area contributed by atoms with Gasteiger partial charge in [-0.15, -0.1) is 0 Å². The molecule has 0 radical (unpaired) electrons. The molecule has 20 heavy (non-hydrogen) atoms. The molecule has 0 saturated heterocycles. The average molecular weight is 285 g/mol. The molecule has 2 aromatic heterocycles. The predicted molar refractivity (Wildman–Crippen MR) is 80.1 cm³/mol. The summed E-state index contributed by atoms with van der Waals surface area (Å²) in [7, 11) is 0. The molecule has 0 aliphatic heterocycles. The van der Waals surface area contributed by atoms with Crippen LogP contribution >= 0.6 is 11.6 Å². The molecule has 5 heteroatoms. The molecule has 4 nitrogen and oxygen atoms in total. The van der Waals surface area contributed by atoms with Gasteiger partial charge in [-0.25, -0.2) is 9.67 Å². The zero-order valence-corrected chi connectivity index (χ0v) is 11.5. The Bertz CT molecular complexity index is 677. The number of nitrogens with zero attached hydrogens (tertiary/aromatic N) is 3. The maximum absolute atomic E-state index is 5.75. The Morgan fingerprint density at radius 2 is 1.90 bits per heavy atom. The average Bonchev–Trinajstić information content (AvgIpc) is 2.97. The standard InChI is InChI=1S/C15H13ClN4/c16-15-7-6-13(10-18-15)17-8-12-9-19-20(11-12)14-4-2-1-3-5-14/h1-7,9-11,17H,8H2. The zero-order valence-electron chi connectivity index (χ0n) is 10.7. The minimum absolute atomic E-state index is 0.493. The Morgan fingerprint density at radius 3 is 2.65 bits per heavy atom. The number of aromatic nitrogens is 3. The summed E-state index contributed by atoms with van der Waals surface area (Å²) in [6.45, 7) is 0.691. The van der Waals surface area contributed by atoms with E-state index in [0.717, 1.165) is 16.9 Å². The molecule has 0 aliphatic carbocycles. The molecule has 0 saturated carbocycles. The van der Waals surface area contributed by atoms with Crippen molar-refractivity contribution in [2.24, 2.45) is 0 Å². The lowest BCUT2D eigenvalue weighted by Crippen LogP contribution is -1.98. The van der Waals surface area contributed by atoms with E-state index in [9.17, 15) is 0 Å². The molecule has 0 unspecified atom stereocenters. The predicted octanol–water partition coefficient (Wildman–Crippen LogP) is 3.53. The van der Waals surface area contributed by atoms with Crippen LogP contribution in [0.15, 0.2) is 61.1 Å². The van der Waals surface area contributed by atoms with Gasteiger partial charge in [0.05, 0.1) is 23.8 Å². The molecule has 0 bridgehead atoms. The van der Waals surface area contributed by atoms with Crippen molar-refractivity contribution in [2.75, 3.05) is 5.32 Å². The fourth-order valence-electron chi connectivity index (χ4n) is 1.86. The lowest BCUT2D eigenvalue weighted by Gasteiger charge is -2.03. The van der Waals surface area contributed by atoms with E-state index >= 15 is 0 Å². The van der Waals surface area contributed by atoms with Crippen LogP contribution in [0.25, 0.3) is 5.69 Å². The number of hydrogen-bond acceptors (Lipinski definition) is 3. The highest BCUT2D eigenvalue weighted by Gasteiger charge is 2.01. The molecular formula is C15H13ClN4. The highest BCUT2D eigenvalue weighted by molar-refractivity contribution is 6.29. The maximum atomic E-state index is 5.75. The number of nitrogens with one attached hydrogen (secondary N) is 1. The Hall–Kier alpha value is -2.33. The number of para-hydroxylation sites is 1. The van der Waals surface area contributed by atoms with Crippen molar-refractivity contribution >= 4 is 17.3 Å². The van der Waals surface area contributed by atoms with Gasteiger partial charge in [0.2, 0.25) is 0 Å². The van der Waals surface area contributed by atoms with Crippen LogP contribution in [0.4, 0.5) is 5.69 Å². The van der Waals surface area contributed by atoms with Crippen molar-refractivity contribution in [3.05, 3.63) is 71.8 Å². The third-order valence-corrected chi connectivity index (χ3v) is 3.10. The quantitative estimate of drug-likeness (QED) is 0.745. The fourth-order valence-corrected chi connectivity index (χ4v) is 1.97. The van der Waals surface area contributed by atoms with Crippen LogP contribution < -0.4 is 5.32 Å². The maximum Gasteiger partial charge on any atom is 0.129 e. The topological polar surface area (TPSA) is 42.7 Å². The second-order valence-electron chi connectivity index (χ2n) is 4.35. The van der Waals surface area contributed by atoms with Crippen LogP contribution in [0, 0.1) is 0 Å². The summed E-state index contributed by atoms with van der Waals surface area (Å²) in [5.74, 6) is 0. The Kier molecular flexibility index (Phi) is 3.65. The molecule has 0 aliphatic rings. The summed E-state index contributed by atoms with van der Waals surface area (Å²) in [4.78, 5) is 4.03. The van der Waals surface area contributed by atoms with Gasteiger partial charge in [-0.1, -0.05) is 29.8 Å². The monoisotopic (exact) mass is 284 g/mol. The van der Waals surface area contributed by atoms with Crippen LogP contribution in [0.5, 0.6) is 0 Å². The minimum Gasteiger partial charge on any atom is -0.380 e. The van der Waals surface area contributed by atoms with E-state index in [1.165, 1.54) is 0 Å². The smallest absolute Gasteiger partial charge is 0.129 e. The van der Waals surface area contributed by atoms with Gasteiger partial charge < -0.3 is 5.32 Å². The van der Waals surface area contributed by atoms with Crippen molar-refractivity contribution in [2.45, 2.75) is 6.54 Å². The minimum atomic E-state index is 0.493. The van der Waals surface area contributed by atoms with E-state index in [4.69, 9.17) is 11.6 Å². The summed E-state index contributed by atoms with van der Waals surface area (Å²) >= 11 is 5.75. The highest BCUT2D eigenvalue weighted by atomic mass is 35.5. The van der Waals surface area contributed by atoms with Gasteiger partial charge in [-0.05, 0) is 24.3 Å². The van der Waals surface area contributed by atoms with E-state index in [0.29, 0.717) is 11.7 Å². The van der Waals surface area contributed by atoms with Gasteiger partial charge >= 0.3 is 0 Å². The fraction of sp³-hybridized carbons (Fsp3) is 0.0667. The third-order valence-electron chi connectivity index (χ3n) is 2.88. The first-order valence-corrected chi connectivity index (χ1v) is 6.63. The summed E-state index contributed by atoms with van der Waals surface area (Å²) < 4.78 is 1.86. The molecule has 1 N–H and O–H groups in total. The number of hydrogen-bond donors (Lipinski definition) is 1. The first kappa shape index (κ1) is 12.7. The largest absolute Gasteiger partial charge is 0.380 e. The van der Waals surface area contributed by atoms with Crippen molar-refractivity contribution in [1.82, 2.24) is 14.8 Å². The normalized spacial score (nSPS) is 10.4. The molecule has 3 rings (SSSR count). The second-order valence-corrected chi connectivity index (χ2v) is 4.74. The van der Waals surface area contributed by atoms with Crippen molar-refractivity contribution < 1.29 is 0 Å². The van der Waals surface area contributed by atoms with Crippen LogP contribution in [-0.2, 0) is 6.54 Å². The summed E-state index contributed by atoms with van der Waals surface area (Å²) in [6.07, 6.45) is 5.57. The molecular weight excluding hydrogens is 272 g/mol. The number of pyridine rings is 1. The molecule has 0 spiro atoms. The van der Waals surface area contributed by atoms with E-state index in [-0.39, 0.29) is 0 Å². The first-order chi connectivity index (χ1) is 9.81. The van der Waals surface area contributed by atoms with Crippen LogP contribution in [0.1, 0.15) is 5.56 Å². The van der Waals surface area contributed by atoms with Crippen LogP contribution in [0.3, 0.4) is 0 Å². The molecule has 2 heterocycles. The van der Waals surface area contributed by atoms with E-state index in [1.54, 1.807) is 12.3 Å². The first-order valence-electron chi connectivity index (χ1n) is 6.26. The molecule has 3 aromatic rings. The zero-order chi connectivity index (χ0) is 13.8. The Morgan fingerprint density at radius 1 is 1.05 bits per heavy atom. The van der Waals surface area contributed by atoms with Crippen molar-refractivity contribution in [3.8, 4) is 5.69 Å². The molecule has 1 aromatic carbocycles.